The van der Waals surface area contributed by atoms with Crippen LogP contribution in [-0.2, 0) is 42.4 Å². The second-order valence-corrected chi connectivity index (χ2v) is 10.4. The lowest BCUT2D eigenvalue weighted by atomic mass is 10.2. The zero-order valence-electron chi connectivity index (χ0n) is 22.8. The van der Waals surface area contributed by atoms with Gasteiger partial charge in [-0.15, -0.1) is 0 Å². The van der Waals surface area contributed by atoms with Gasteiger partial charge >= 0.3 is 0 Å². The van der Waals surface area contributed by atoms with Crippen LogP contribution in [0.5, 0.6) is 0 Å². The van der Waals surface area contributed by atoms with E-state index in [1.54, 1.807) is 14.2 Å². The summed E-state index contributed by atoms with van der Waals surface area (Å²) in [7, 11) is -0.406. The summed E-state index contributed by atoms with van der Waals surface area (Å²) in [5.41, 5.74) is 0. The van der Waals surface area contributed by atoms with Gasteiger partial charge in [-0.3, -0.25) is 9.59 Å². The molecular formula is C24H48N2O10P-. The lowest BCUT2D eigenvalue weighted by molar-refractivity contribution is -0.196. The van der Waals surface area contributed by atoms with E-state index in [1.165, 1.54) is 0 Å². The van der Waals surface area contributed by atoms with Crippen LogP contribution in [-0.4, -0.2) is 105 Å². The van der Waals surface area contributed by atoms with Crippen molar-refractivity contribution in [1.29, 1.82) is 0 Å². The Morgan fingerprint density at radius 2 is 1.30 bits per heavy atom. The minimum Gasteiger partial charge on any atom is -0.779 e. The maximum Gasteiger partial charge on any atom is 0.220 e. The molecule has 0 bridgehead atoms. The lowest BCUT2D eigenvalue weighted by Crippen LogP contribution is -2.29. The van der Waals surface area contributed by atoms with Gasteiger partial charge in [0.15, 0.2) is 0 Å². The first-order valence-corrected chi connectivity index (χ1v) is 15.0. The van der Waals surface area contributed by atoms with Gasteiger partial charge in [0.2, 0.25) is 11.8 Å². The van der Waals surface area contributed by atoms with Gasteiger partial charge in [-0.1, -0.05) is 12.8 Å². The number of carbonyl (C=O) groups excluding carboxylic acids is 2. The van der Waals surface area contributed by atoms with Gasteiger partial charge in [0, 0.05) is 53.4 Å². The number of carbonyl (C=O) groups is 2. The molecule has 0 aliphatic rings. The fourth-order valence-electron chi connectivity index (χ4n) is 3.04. The smallest absolute Gasteiger partial charge is 0.220 e. The monoisotopic (exact) mass is 555 g/mol. The van der Waals surface area contributed by atoms with E-state index in [4.69, 9.17) is 28.2 Å². The topological polar surface area (TPSA) is 154 Å². The molecule has 0 fully saturated rings. The van der Waals surface area contributed by atoms with E-state index in [0.29, 0.717) is 91.4 Å². The Morgan fingerprint density at radius 1 is 0.730 bits per heavy atom. The van der Waals surface area contributed by atoms with Crippen LogP contribution in [0.25, 0.3) is 0 Å². The third-order valence-electron chi connectivity index (χ3n) is 4.99. The quantitative estimate of drug-likeness (QED) is 0.112. The van der Waals surface area contributed by atoms with E-state index in [-0.39, 0.29) is 24.5 Å². The van der Waals surface area contributed by atoms with Crippen LogP contribution in [0.15, 0.2) is 0 Å². The van der Waals surface area contributed by atoms with Gasteiger partial charge in [0.25, 0.3) is 0 Å². The molecule has 0 aliphatic heterocycles. The molecule has 2 N–H and O–H groups in total. The molecule has 0 saturated heterocycles. The number of methoxy groups -OCH3 is 2. The molecule has 2 atom stereocenters. The zero-order chi connectivity index (χ0) is 27.6. The second-order valence-electron chi connectivity index (χ2n) is 8.55. The van der Waals surface area contributed by atoms with E-state index in [9.17, 15) is 19.0 Å². The second kappa shape index (κ2) is 25.2. The van der Waals surface area contributed by atoms with Gasteiger partial charge in [0.05, 0.1) is 46.2 Å². The molecule has 0 rings (SSSR count). The van der Waals surface area contributed by atoms with Gasteiger partial charge in [-0.2, -0.15) is 0 Å². The molecule has 0 heterocycles. The summed E-state index contributed by atoms with van der Waals surface area (Å²) in [5.74, 6) is -0.159. The van der Waals surface area contributed by atoms with Crippen molar-refractivity contribution < 1.29 is 47.3 Å². The predicted molar refractivity (Wildman–Crippen MR) is 138 cm³/mol. The van der Waals surface area contributed by atoms with E-state index >= 15 is 0 Å². The highest BCUT2D eigenvalue weighted by Gasteiger charge is 2.10. The van der Waals surface area contributed by atoms with Crippen molar-refractivity contribution >= 4 is 19.4 Å². The van der Waals surface area contributed by atoms with Gasteiger partial charge < -0.3 is 48.3 Å². The van der Waals surface area contributed by atoms with Crippen molar-refractivity contribution in [3.8, 4) is 0 Å². The molecule has 13 heteroatoms. The zero-order valence-corrected chi connectivity index (χ0v) is 23.7. The Morgan fingerprint density at radius 3 is 1.92 bits per heavy atom. The summed E-state index contributed by atoms with van der Waals surface area (Å²) in [6.45, 7) is 5.56. The Balaban J connectivity index is 3.66. The molecule has 0 radical (unpaired) electrons. The van der Waals surface area contributed by atoms with Crippen LogP contribution in [0.2, 0.25) is 0 Å². The van der Waals surface area contributed by atoms with Crippen LogP contribution in [0.4, 0.5) is 0 Å². The third kappa shape index (κ3) is 27.7. The maximum atomic E-state index is 11.9. The third-order valence-corrected chi connectivity index (χ3v) is 5.65. The highest BCUT2D eigenvalue weighted by molar-refractivity contribution is 7.50. The number of ether oxygens (including phenoxy) is 5. The van der Waals surface area contributed by atoms with Crippen molar-refractivity contribution in [3.63, 3.8) is 0 Å². The summed E-state index contributed by atoms with van der Waals surface area (Å²) in [5, 5.41) is 5.67. The van der Waals surface area contributed by atoms with E-state index in [1.807, 2.05) is 0 Å². The average Bonchev–Trinajstić information content (AvgIpc) is 2.84. The van der Waals surface area contributed by atoms with Crippen LogP contribution < -0.4 is 15.5 Å². The van der Waals surface area contributed by atoms with Crippen LogP contribution in [0.1, 0.15) is 51.4 Å². The largest absolute Gasteiger partial charge is 0.779 e. The fraction of sp³-hybridized carbons (Fsp3) is 0.917. The van der Waals surface area contributed by atoms with E-state index < -0.39 is 7.60 Å². The molecule has 2 amide bonds. The first-order chi connectivity index (χ1) is 17.8. The number of nitrogens with one attached hydrogen (secondary N) is 2. The molecule has 12 nitrogen and oxygen atoms in total. The SMILES string of the molecule is COCCOCC(COCCCNC(=O)CCCC(=O)NCCCCCCOP(C)(=O)[O-])OCCOC. The first-order valence-electron chi connectivity index (χ1n) is 13.0. The molecule has 0 aromatic carbocycles. The molecule has 0 spiro atoms. The van der Waals surface area contributed by atoms with Crippen LogP contribution >= 0.6 is 7.60 Å². The van der Waals surface area contributed by atoms with Gasteiger partial charge in [-0.05, 0) is 25.7 Å². The Hall–Kier alpha value is -1.11. The Labute approximate surface area is 221 Å². The molecule has 0 aliphatic carbocycles. The van der Waals surface area contributed by atoms with Crippen molar-refractivity contribution in [2.45, 2.75) is 57.5 Å². The molecule has 37 heavy (non-hydrogen) atoms. The number of hydrogen-bond acceptors (Lipinski definition) is 10. The Kier molecular flexibility index (Phi) is 24.4. The van der Waals surface area contributed by atoms with Crippen molar-refractivity contribution in [3.05, 3.63) is 0 Å². The lowest BCUT2D eigenvalue weighted by Gasteiger charge is -2.18. The number of unbranched alkanes of at least 4 members (excludes halogenated alkanes) is 3. The molecule has 2 unspecified atom stereocenters. The molecule has 220 valence electrons. The van der Waals surface area contributed by atoms with Crippen LogP contribution in [0.3, 0.4) is 0 Å². The highest BCUT2D eigenvalue weighted by Crippen LogP contribution is 2.31. The Bertz CT molecular complexity index is 606. The summed E-state index contributed by atoms with van der Waals surface area (Å²) in [4.78, 5) is 34.7. The number of hydrogen-bond donors (Lipinski definition) is 2. The summed E-state index contributed by atoms with van der Waals surface area (Å²) in [6, 6.07) is 0. The van der Waals surface area contributed by atoms with Crippen molar-refractivity contribution in [2.24, 2.45) is 0 Å². The minimum atomic E-state index is -3.64. The summed E-state index contributed by atoms with van der Waals surface area (Å²) < 4.78 is 42.4. The standard InChI is InChI=1S/C24H49N2O10P/c1-31-16-18-34-21-22(35-19-17-32-2)20-33-14-9-13-26-24(28)11-8-10-23(27)25-12-6-4-5-7-15-36-37(3,29)30/h22H,4-21H2,1-3H3,(H,25,27)(H,26,28)(H,29,30)/p-1. The fourth-order valence-corrected chi connectivity index (χ4v) is 3.50. The minimum absolute atomic E-state index is 0.0729. The molecule has 0 saturated carbocycles. The summed E-state index contributed by atoms with van der Waals surface area (Å²) in [6.07, 6.45) is 4.76. The first kappa shape index (κ1) is 35.9. The molecule has 0 aromatic rings. The number of amides is 2. The van der Waals surface area contributed by atoms with Gasteiger partial charge in [0.1, 0.15) is 13.7 Å². The van der Waals surface area contributed by atoms with Crippen molar-refractivity contribution in [1.82, 2.24) is 10.6 Å². The van der Waals surface area contributed by atoms with Crippen molar-refractivity contribution in [2.75, 3.05) is 86.8 Å². The highest BCUT2D eigenvalue weighted by atomic mass is 31.2. The summed E-state index contributed by atoms with van der Waals surface area (Å²) >= 11 is 0. The van der Waals surface area contributed by atoms with Crippen LogP contribution in [0, 0.1) is 0 Å². The van der Waals surface area contributed by atoms with E-state index in [0.717, 1.165) is 25.9 Å². The van der Waals surface area contributed by atoms with E-state index in [2.05, 4.69) is 10.6 Å². The maximum absolute atomic E-state index is 11.9. The molecule has 0 aromatic heterocycles. The normalized spacial score (nSPS) is 13.7. The molecular weight excluding hydrogens is 507 g/mol. The van der Waals surface area contributed by atoms with Gasteiger partial charge in [-0.25, -0.2) is 0 Å². The average molecular weight is 556 g/mol. The predicted octanol–water partition coefficient (Wildman–Crippen LogP) is 1.25. The number of rotatable bonds is 27.